The van der Waals surface area contributed by atoms with Crippen LogP contribution in [0.5, 0.6) is 0 Å². The summed E-state index contributed by atoms with van der Waals surface area (Å²) in [6, 6.07) is 11.8. The van der Waals surface area contributed by atoms with Gasteiger partial charge in [0.1, 0.15) is 29.0 Å². The van der Waals surface area contributed by atoms with Crippen molar-refractivity contribution in [2.75, 3.05) is 7.11 Å². The molecule has 7 atom stereocenters. The summed E-state index contributed by atoms with van der Waals surface area (Å²) in [5.41, 5.74) is 2.83. The number of hydrogen-bond acceptors (Lipinski definition) is 7. The molecule has 4 fully saturated rings. The van der Waals surface area contributed by atoms with Gasteiger partial charge in [-0.25, -0.2) is 19.6 Å². The van der Waals surface area contributed by atoms with Crippen molar-refractivity contribution in [3.63, 3.8) is 0 Å². The Hall–Kier alpha value is -5.31. The number of ether oxygens (including phenoxy) is 2. The molecule has 2 unspecified atom stereocenters. The minimum atomic E-state index is -0.677. The van der Waals surface area contributed by atoms with Gasteiger partial charge in [0.05, 0.1) is 31.1 Å². The van der Waals surface area contributed by atoms with Crippen LogP contribution in [0.3, 0.4) is 0 Å². The zero-order valence-corrected chi connectivity index (χ0v) is 30.4. The summed E-state index contributed by atoms with van der Waals surface area (Å²) in [6.45, 7) is 9.51. The van der Waals surface area contributed by atoms with Crippen LogP contribution in [0.4, 0.5) is 9.59 Å². The summed E-state index contributed by atoms with van der Waals surface area (Å²) < 4.78 is 10.5. The van der Waals surface area contributed by atoms with E-state index in [0.717, 1.165) is 59.1 Å². The summed E-state index contributed by atoms with van der Waals surface area (Å²) in [5.74, 6) is 8.69. The SMILES string of the molecule is COC(=O)N[C@H](C(=O)N1C2C[C@@H]2C[C@H]1c1nc(C#Cc2ccc3cc(-c4cnc([C@@H]5CC6C[C@H]6N5C(=O)OC(C)(C)C)[nH]4)ccc3c2)c[nH]1)C(C)C. The van der Waals surface area contributed by atoms with Gasteiger partial charge in [0.25, 0.3) is 0 Å². The Kier molecular flexibility index (Phi) is 8.27. The average Bonchev–Trinajstić information content (AvgIpc) is 3.70. The number of nitrogens with zero attached hydrogens (tertiary/aromatic N) is 4. The number of H-pyrrole nitrogens is 2. The molecule has 0 bridgehead atoms. The van der Waals surface area contributed by atoms with Gasteiger partial charge < -0.3 is 29.7 Å². The van der Waals surface area contributed by atoms with Crippen molar-refractivity contribution in [1.82, 2.24) is 35.1 Å². The normalized spacial score (nSPS) is 24.9. The Bertz CT molecular complexity index is 2120. The number of fused-ring (bicyclic) bond motifs is 3. The molecule has 2 aromatic carbocycles. The number of carbonyl (C=O) groups is 3. The summed E-state index contributed by atoms with van der Waals surface area (Å²) >= 11 is 0. The van der Waals surface area contributed by atoms with E-state index in [4.69, 9.17) is 19.4 Å². The molecule has 0 spiro atoms. The van der Waals surface area contributed by atoms with E-state index in [0.29, 0.717) is 23.4 Å². The molecule has 4 aliphatic rings. The Labute approximate surface area is 303 Å². The summed E-state index contributed by atoms with van der Waals surface area (Å²) in [6.07, 6.45) is 6.48. The van der Waals surface area contributed by atoms with Crippen molar-refractivity contribution in [3.05, 3.63) is 71.7 Å². The third-order valence-corrected chi connectivity index (χ3v) is 10.8. The number of nitrogens with one attached hydrogen (secondary N) is 3. The second-order valence-electron chi connectivity index (χ2n) is 16.0. The van der Waals surface area contributed by atoms with E-state index in [9.17, 15) is 14.4 Å². The number of hydrogen-bond donors (Lipinski definition) is 3. The molecule has 3 amide bonds. The zero-order chi connectivity index (χ0) is 36.5. The van der Waals surface area contributed by atoms with Crippen LogP contribution in [0.15, 0.2) is 48.8 Å². The van der Waals surface area contributed by atoms with E-state index in [-0.39, 0.29) is 42.1 Å². The van der Waals surface area contributed by atoms with E-state index < -0.39 is 17.7 Å². The first-order chi connectivity index (χ1) is 24.9. The lowest BCUT2D eigenvalue weighted by atomic mass is 10.0. The van der Waals surface area contributed by atoms with Crippen LogP contribution in [0.1, 0.15) is 95.3 Å². The highest BCUT2D eigenvalue weighted by atomic mass is 16.6. The fraction of sp³-hybridized carbons (Fsp3) is 0.475. The van der Waals surface area contributed by atoms with Gasteiger partial charge in [0, 0.05) is 29.4 Å². The molecule has 270 valence electrons. The molecule has 12 nitrogen and oxygen atoms in total. The number of carbonyl (C=O) groups excluding carboxylic acids is 3. The number of imidazole rings is 2. The van der Waals surface area contributed by atoms with Crippen LogP contribution in [-0.4, -0.2) is 78.7 Å². The van der Waals surface area contributed by atoms with Gasteiger partial charge in [-0.2, -0.15) is 0 Å². The molecule has 2 saturated carbocycles. The van der Waals surface area contributed by atoms with Gasteiger partial charge in [-0.15, -0.1) is 0 Å². The number of likely N-dealkylation sites (tertiary alicyclic amines) is 2. The summed E-state index contributed by atoms with van der Waals surface area (Å²) in [5, 5.41) is 4.85. The van der Waals surface area contributed by atoms with E-state index in [1.54, 1.807) is 6.20 Å². The van der Waals surface area contributed by atoms with Crippen LogP contribution in [0.25, 0.3) is 22.0 Å². The van der Waals surface area contributed by atoms with E-state index >= 15 is 0 Å². The highest BCUT2D eigenvalue weighted by Gasteiger charge is 2.57. The molecule has 52 heavy (non-hydrogen) atoms. The minimum Gasteiger partial charge on any atom is -0.453 e. The standard InChI is InChI=1S/C40H45N7O5/c1-21(2)34(45-38(49)51-6)37(48)46-30-15-26(30)17-32(46)35-41-19-28(43-35)12-8-22-7-9-24-14-25(11-10-23(24)13-22)29-20-42-36(44-29)33-18-27-16-31(27)47(33)39(50)52-40(3,4)5/h7,9-11,13-14,19-21,26-27,30-34H,15-18H2,1-6H3,(H,41,43)(H,42,44)(H,45,49)/t26-,27?,30?,31-,32+,33+,34+/m1/s1. The fourth-order valence-corrected chi connectivity index (χ4v) is 8.01. The summed E-state index contributed by atoms with van der Waals surface area (Å²) in [4.78, 5) is 58.8. The summed E-state index contributed by atoms with van der Waals surface area (Å²) in [7, 11) is 1.30. The molecule has 4 aromatic rings. The molecule has 2 saturated heterocycles. The van der Waals surface area contributed by atoms with Crippen molar-refractivity contribution < 1.29 is 23.9 Å². The maximum atomic E-state index is 13.7. The van der Waals surface area contributed by atoms with E-state index in [1.165, 1.54) is 7.11 Å². The third kappa shape index (κ3) is 6.49. The van der Waals surface area contributed by atoms with E-state index in [2.05, 4.69) is 57.5 Å². The first kappa shape index (κ1) is 33.8. The smallest absolute Gasteiger partial charge is 0.411 e. The second-order valence-corrected chi connectivity index (χ2v) is 16.0. The molecule has 2 aliphatic heterocycles. The molecule has 12 heteroatoms. The van der Waals surface area contributed by atoms with Gasteiger partial charge in [0.15, 0.2) is 0 Å². The van der Waals surface area contributed by atoms with Crippen LogP contribution >= 0.6 is 0 Å². The Morgan fingerprint density at radius 2 is 1.62 bits per heavy atom. The first-order valence-corrected chi connectivity index (χ1v) is 18.2. The number of aromatic amines is 2. The minimum absolute atomic E-state index is 0.0966. The molecule has 2 aliphatic carbocycles. The monoisotopic (exact) mass is 703 g/mol. The van der Waals surface area contributed by atoms with Crippen molar-refractivity contribution in [2.24, 2.45) is 17.8 Å². The Balaban J connectivity index is 0.953. The highest BCUT2D eigenvalue weighted by molar-refractivity contribution is 5.88. The molecule has 3 N–H and O–H groups in total. The van der Waals surface area contributed by atoms with Gasteiger partial charge in [0.2, 0.25) is 5.91 Å². The number of alkyl carbamates (subject to hydrolysis) is 1. The predicted octanol–water partition coefficient (Wildman–Crippen LogP) is 6.47. The largest absolute Gasteiger partial charge is 0.453 e. The third-order valence-electron chi connectivity index (χ3n) is 10.8. The molecular weight excluding hydrogens is 658 g/mol. The lowest BCUT2D eigenvalue weighted by molar-refractivity contribution is -0.136. The van der Waals surface area contributed by atoms with Crippen LogP contribution in [-0.2, 0) is 14.3 Å². The molecule has 2 aromatic heterocycles. The number of methoxy groups -OCH3 is 1. The predicted molar refractivity (Wildman–Crippen MR) is 194 cm³/mol. The molecule has 4 heterocycles. The van der Waals surface area contributed by atoms with Gasteiger partial charge in [-0.05, 0) is 99.1 Å². The Morgan fingerprint density at radius 3 is 2.33 bits per heavy atom. The average molecular weight is 704 g/mol. The van der Waals surface area contributed by atoms with Gasteiger partial charge in [-0.1, -0.05) is 38.0 Å². The molecular formula is C40H45N7O5. The molecule has 8 rings (SSSR count). The zero-order valence-electron chi connectivity index (χ0n) is 30.4. The van der Waals surface area contributed by atoms with Gasteiger partial charge >= 0.3 is 12.2 Å². The van der Waals surface area contributed by atoms with E-state index in [1.807, 2.05) is 56.7 Å². The van der Waals surface area contributed by atoms with Crippen molar-refractivity contribution >= 4 is 28.9 Å². The quantitative estimate of drug-likeness (QED) is 0.195. The van der Waals surface area contributed by atoms with Crippen molar-refractivity contribution in [2.45, 2.75) is 96.1 Å². The maximum absolute atomic E-state index is 13.7. The van der Waals surface area contributed by atoms with Crippen molar-refractivity contribution in [3.8, 4) is 23.1 Å². The fourth-order valence-electron chi connectivity index (χ4n) is 8.01. The lowest BCUT2D eigenvalue weighted by Crippen LogP contribution is -2.52. The molecule has 0 radical (unpaired) electrons. The second kappa shape index (κ2) is 12.7. The number of aromatic nitrogens is 4. The lowest BCUT2D eigenvalue weighted by Gasteiger charge is -2.31. The first-order valence-electron chi connectivity index (χ1n) is 18.2. The number of amides is 3. The maximum Gasteiger partial charge on any atom is 0.411 e. The van der Waals surface area contributed by atoms with Crippen LogP contribution in [0.2, 0.25) is 0 Å². The number of piperidine rings is 2. The highest BCUT2D eigenvalue weighted by Crippen LogP contribution is 2.54. The van der Waals surface area contributed by atoms with Gasteiger partial charge in [-0.3, -0.25) is 9.69 Å². The van der Waals surface area contributed by atoms with Crippen molar-refractivity contribution in [1.29, 1.82) is 0 Å². The number of benzene rings is 2. The Morgan fingerprint density at radius 1 is 0.923 bits per heavy atom. The topological polar surface area (TPSA) is 146 Å². The van der Waals surface area contributed by atoms with Crippen LogP contribution < -0.4 is 5.32 Å². The van der Waals surface area contributed by atoms with Crippen LogP contribution in [0, 0.1) is 29.6 Å². The number of rotatable bonds is 6.